The van der Waals surface area contributed by atoms with E-state index in [-0.39, 0.29) is 12.3 Å². The minimum Gasteiger partial charge on any atom is -0.480 e. The van der Waals surface area contributed by atoms with Gasteiger partial charge in [-0.05, 0) is 38.1 Å². The highest BCUT2D eigenvalue weighted by atomic mass is 16.4. The molecule has 0 saturated heterocycles. The number of fused-ring (bicyclic) bond motifs is 1. The number of carboxylic acid groups (broad SMARTS) is 1. The Morgan fingerprint density at radius 1 is 1.07 bits per heavy atom. The van der Waals surface area contributed by atoms with Gasteiger partial charge in [0.1, 0.15) is 11.4 Å². The highest BCUT2D eigenvalue weighted by Gasteiger charge is 2.34. The Hall–Kier alpha value is -3.15. The second kappa shape index (κ2) is 7.23. The molecule has 3 rings (SSSR count). The lowest BCUT2D eigenvalue weighted by Crippen LogP contribution is -2.50. The number of carbonyl (C=O) groups is 2. The summed E-state index contributed by atoms with van der Waals surface area (Å²) in [5.41, 5.74) is 1.57. The molecule has 0 atom stereocenters. The molecule has 1 aromatic heterocycles. The predicted molar refractivity (Wildman–Crippen MR) is 104 cm³/mol. The number of nitrogens with zero attached hydrogens (tertiary/aromatic N) is 3. The first-order chi connectivity index (χ1) is 12.8. The first-order valence-corrected chi connectivity index (χ1v) is 8.84. The summed E-state index contributed by atoms with van der Waals surface area (Å²) in [6.07, 6.45) is 0.603. The van der Waals surface area contributed by atoms with Gasteiger partial charge in [0.05, 0.1) is 11.0 Å². The summed E-state index contributed by atoms with van der Waals surface area (Å²) in [5, 5.41) is 9.32. The lowest BCUT2D eigenvalue weighted by molar-refractivity contribution is -0.155. The van der Waals surface area contributed by atoms with Crippen molar-refractivity contribution in [2.75, 3.05) is 7.05 Å². The van der Waals surface area contributed by atoms with Crippen molar-refractivity contribution in [1.29, 1.82) is 0 Å². The summed E-state index contributed by atoms with van der Waals surface area (Å²) in [6.45, 7) is 3.04. The van der Waals surface area contributed by atoms with E-state index in [4.69, 9.17) is 4.98 Å². The highest BCUT2D eigenvalue weighted by Crippen LogP contribution is 2.23. The second-order valence-electron chi connectivity index (χ2n) is 7.00. The Labute approximate surface area is 158 Å². The standard InChI is InChI=1S/C21H23N3O3/c1-21(2,20(26)27)23(3)19(25)14-13-18-22-16-11-7-8-12-17(16)24(18)15-9-5-4-6-10-15/h4-12H,13-14H2,1-3H3,(H,26,27). The van der Waals surface area contributed by atoms with E-state index < -0.39 is 11.5 Å². The normalized spacial score (nSPS) is 11.5. The molecule has 2 aromatic carbocycles. The number of likely N-dealkylation sites (N-methyl/N-ethyl adjacent to an activating group) is 1. The van der Waals surface area contributed by atoms with Gasteiger partial charge in [0.2, 0.25) is 5.91 Å². The molecule has 0 aliphatic carbocycles. The highest BCUT2D eigenvalue weighted by molar-refractivity contribution is 5.86. The molecule has 1 amide bonds. The number of hydrogen-bond acceptors (Lipinski definition) is 3. The van der Waals surface area contributed by atoms with Crippen LogP contribution in [0.15, 0.2) is 54.6 Å². The molecule has 27 heavy (non-hydrogen) atoms. The Balaban J connectivity index is 1.90. The third kappa shape index (κ3) is 3.56. The summed E-state index contributed by atoms with van der Waals surface area (Å²) >= 11 is 0. The largest absolute Gasteiger partial charge is 0.480 e. The first kappa shape index (κ1) is 18.6. The van der Waals surface area contributed by atoms with Gasteiger partial charge in [-0.1, -0.05) is 30.3 Å². The fraction of sp³-hybridized carbons (Fsp3) is 0.286. The maximum Gasteiger partial charge on any atom is 0.329 e. The summed E-state index contributed by atoms with van der Waals surface area (Å²) in [7, 11) is 1.52. The van der Waals surface area contributed by atoms with Crippen molar-refractivity contribution in [2.24, 2.45) is 0 Å². The van der Waals surface area contributed by atoms with Crippen LogP contribution in [0.4, 0.5) is 0 Å². The molecule has 0 unspecified atom stereocenters. The number of aliphatic carboxylic acids is 1. The Morgan fingerprint density at radius 3 is 2.37 bits per heavy atom. The summed E-state index contributed by atoms with van der Waals surface area (Å²) < 4.78 is 2.05. The molecule has 0 aliphatic rings. The van der Waals surface area contributed by atoms with Crippen LogP contribution in [0, 0.1) is 0 Å². The fourth-order valence-corrected chi connectivity index (χ4v) is 2.95. The zero-order valence-electron chi connectivity index (χ0n) is 15.7. The first-order valence-electron chi connectivity index (χ1n) is 8.84. The topological polar surface area (TPSA) is 75.4 Å². The number of amides is 1. The van der Waals surface area contributed by atoms with Gasteiger partial charge in [-0.2, -0.15) is 0 Å². The van der Waals surface area contributed by atoms with Crippen LogP contribution < -0.4 is 0 Å². The molecular weight excluding hydrogens is 342 g/mol. The van der Waals surface area contributed by atoms with Crippen molar-refractivity contribution >= 4 is 22.9 Å². The zero-order valence-corrected chi connectivity index (χ0v) is 15.7. The van der Waals surface area contributed by atoms with Crippen LogP contribution in [-0.2, 0) is 16.0 Å². The number of aryl methyl sites for hydroxylation is 1. The molecule has 0 aliphatic heterocycles. The van der Waals surface area contributed by atoms with E-state index in [1.54, 1.807) is 0 Å². The smallest absolute Gasteiger partial charge is 0.329 e. The molecule has 6 nitrogen and oxygen atoms in total. The summed E-state index contributed by atoms with van der Waals surface area (Å²) in [4.78, 5) is 29.9. The van der Waals surface area contributed by atoms with Gasteiger partial charge in [-0.3, -0.25) is 9.36 Å². The molecular formula is C21H23N3O3. The second-order valence-corrected chi connectivity index (χ2v) is 7.00. The molecule has 0 bridgehead atoms. The van der Waals surface area contributed by atoms with Gasteiger partial charge in [0, 0.05) is 25.6 Å². The summed E-state index contributed by atoms with van der Waals surface area (Å²) in [6, 6.07) is 17.7. The van der Waals surface area contributed by atoms with Gasteiger partial charge in [0.15, 0.2) is 0 Å². The molecule has 0 saturated carbocycles. The third-order valence-corrected chi connectivity index (χ3v) is 4.94. The number of benzene rings is 2. The quantitative estimate of drug-likeness (QED) is 0.727. The average molecular weight is 365 g/mol. The minimum atomic E-state index is -1.25. The van der Waals surface area contributed by atoms with Crippen molar-refractivity contribution in [3.05, 3.63) is 60.4 Å². The lowest BCUT2D eigenvalue weighted by atomic mass is 10.0. The van der Waals surface area contributed by atoms with Gasteiger partial charge >= 0.3 is 5.97 Å². The molecule has 0 spiro atoms. The van der Waals surface area contributed by atoms with Crippen LogP contribution in [-0.4, -0.2) is 44.0 Å². The molecule has 1 heterocycles. The molecule has 140 valence electrons. The van der Waals surface area contributed by atoms with E-state index >= 15 is 0 Å². The van der Waals surface area contributed by atoms with Crippen molar-refractivity contribution in [3.63, 3.8) is 0 Å². The van der Waals surface area contributed by atoms with Gasteiger partial charge < -0.3 is 10.0 Å². The molecule has 0 fully saturated rings. The van der Waals surface area contributed by atoms with E-state index in [2.05, 4.69) is 0 Å². The van der Waals surface area contributed by atoms with Crippen molar-refractivity contribution in [2.45, 2.75) is 32.2 Å². The zero-order chi connectivity index (χ0) is 19.6. The van der Waals surface area contributed by atoms with Crippen LogP contribution in [0.2, 0.25) is 0 Å². The maximum atomic E-state index is 12.6. The van der Waals surface area contributed by atoms with Gasteiger partial charge in [-0.15, -0.1) is 0 Å². The Morgan fingerprint density at radius 2 is 1.70 bits per heavy atom. The van der Waals surface area contributed by atoms with Crippen molar-refractivity contribution in [1.82, 2.24) is 14.5 Å². The SMILES string of the molecule is CN(C(=O)CCc1nc2ccccc2n1-c1ccccc1)C(C)(C)C(=O)O. The number of hydrogen-bond donors (Lipinski definition) is 1. The number of para-hydroxylation sites is 3. The number of carboxylic acids is 1. The maximum absolute atomic E-state index is 12.6. The van der Waals surface area contributed by atoms with Crippen LogP contribution >= 0.6 is 0 Å². The minimum absolute atomic E-state index is 0.184. The molecule has 3 aromatic rings. The predicted octanol–water partition coefficient (Wildman–Crippen LogP) is 3.28. The summed E-state index contributed by atoms with van der Waals surface area (Å²) in [5.74, 6) is -0.485. The van der Waals surface area contributed by atoms with Crippen LogP contribution in [0.3, 0.4) is 0 Å². The number of imidazole rings is 1. The molecule has 1 N–H and O–H groups in total. The van der Waals surface area contributed by atoms with E-state index in [1.165, 1.54) is 25.8 Å². The number of carbonyl (C=O) groups excluding carboxylic acids is 1. The lowest BCUT2D eigenvalue weighted by Gasteiger charge is -2.31. The monoisotopic (exact) mass is 365 g/mol. The van der Waals surface area contributed by atoms with Crippen molar-refractivity contribution in [3.8, 4) is 5.69 Å². The molecule has 0 radical (unpaired) electrons. The Kier molecular flexibility index (Phi) is 4.99. The van der Waals surface area contributed by atoms with Crippen LogP contribution in [0.1, 0.15) is 26.1 Å². The van der Waals surface area contributed by atoms with E-state index in [1.807, 2.05) is 59.2 Å². The number of rotatable bonds is 6. The number of aromatic nitrogens is 2. The van der Waals surface area contributed by atoms with Crippen LogP contribution in [0.25, 0.3) is 16.7 Å². The van der Waals surface area contributed by atoms with Crippen LogP contribution in [0.5, 0.6) is 0 Å². The average Bonchev–Trinajstić information content (AvgIpc) is 3.04. The molecule has 6 heteroatoms. The Bertz CT molecular complexity index is 977. The van der Waals surface area contributed by atoms with Crippen molar-refractivity contribution < 1.29 is 14.7 Å². The van der Waals surface area contributed by atoms with E-state index in [9.17, 15) is 14.7 Å². The van der Waals surface area contributed by atoms with Gasteiger partial charge in [0.25, 0.3) is 0 Å². The van der Waals surface area contributed by atoms with Gasteiger partial charge in [-0.25, -0.2) is 9.78 Å². The third-order valence-electron chi connectivity index (χ3n) is 4.94. The fourth-order valence-electron chi connectivity index (χ4n) is 2.95. The van der Waals surface area contributed by atoms with E-state index in [0.717, 1.165) is 22.5 Å². The van der Waals surface area contributed by atoms with E-state index in [0.29, 0.717) is 6.42 Å².